The maximum absolute atomic E-state index is 11.1. The zero-order valence-electron chi connectivity index (χ0n) is 13.7. The highest BCUT2D eigenvalue weighted by Gasteiger charge is 2.21. The van der Waals surface area contributed by atoms with Gasteiger partial charge in [0.25, 0.3) is 0 Å². The normalized spacial score (nSPS) is 12.4. The van der Waals surface area contributed by atoms with E-state index in [1.165, 1.54) is 0 Å². The molecule has 130 valence electrons. The molecule has 1 aromatic heterocycles. The smallest absolute Gasteiger partial charge is 0.332 e. The van der Waals surface area contributed by atoms with Crippen molar-refractivity contribution in [1.82, 2.24) is 4.98 Å². The first kappa shape index (κ1) is 16.8. The molecule has 2 aromatic carbocycles. The number of hydrogen-bond acceptors (Lipinski definition) is 6. The Kier molecular flexibility index (Phi) is 4.33. The molecule has 3 rings (SSSR count). The summed E-state index contributed by atoms with van der Waals surface area (Å²) in [5.74, 6) is -0.821. The van der Waals surface area contributed by atoms with E-state index < -0.39 is 12.1 Å². The fourth-order valence-corrected chi connectivity index (χ4v) is 2.92. The van der Waals surface area contributed by atoms with Crippen LogP contribution in [0.2, 0.25) is 0 Å². The molecule has 0 amide bonds. The van der Waals surface area contributed by atoms with Gasteiger partial charge >= 0.3 is 5.97 Å². The van der Waals surface area contributed by atoms with Crippen molar-refractivity contribution in [2.45, 2.75) is 19.4 Å². The summed E-state index contributed by atoms with van der Waals surface area (Å²) in [7, 11) is 0. The Balaban J connectivity index is 2.33. The van der Waals surface area contributed by atoms with E-state index >= 15 is 0 Å². The number of hydrogen-bond donors (Lipinski definition) is 4. The molecule has 25 heavy (non-hydrogen) atoms. The molecule has 3 aromatic rings. The average Bonchev–Trinajstić information content (AvgIpc) is 2.56. The van der Waals surface area contributed by atoms with Gasteiger partial charge < -0.3 is 26.4 Å². The Hall–Kier alpha value is -3.06. The van der Waals surface area contributed by atoms with Gasteiger partial charge in [-0.15, -0.1) is 0 Å². The molecule has 6 N–H and O–H groups in total. The number of pyridine rings is 1. The Morgan fingerprint density at radius 1 is 1.24 bits per heavy atom. The van der Waals surface area contributed by atoms with E-state index in [1.807, 2.05) is 6.92 Å². The van der Waals surface area contributed by atoms with Crippen LogP contribution in [0.4, 0.5) is 11.4 Å². The van der Waals surface area contributed by atoms with Gasteiger partial charge in [0.05, 0.1) is 23.3 Å². The predicted molar refractivity (Wildman–Crippen MR) is 96.6 cm³/mol. The molecule has 0 fully saturated rings. The number of ether oxygens (including phenoxy) is 1. The molecule has 0 radical (unpaired) electrons. The molecule has 0 saturated heterocycles. The second kappa shape index (κ2) is 6.45. The van der Waals surface area contributed by atoms with Gasteiger partial charge in [-0.1, -0.05) is 0 Å². The standard InChI is InChI=1S/C18H19N3O4/c1-2-25-15-6-5-12-16(11(15)8-14(22)18(23)24)17(20)10-4-3-9(19)7-13(10)21-12/h3-7,14,22H,2,8,19H2,1H3,(H2,20,21)(H,23,24). The maximum atomic E-state index is 11.1. The van der Waals surface area contributed by atoms with Crippen LogP contribution in [0.5, 0.6) is 5.75 Å². The maximum Gasteiger partial charge on any atom is 0.332 e. The van der Waals surface area contributed by atoms with Gasteiger partial charge in [-0.2, -0.15) is 0 Å². The molecule has 0 aliphatic heterocycles. The number of nitrogen functional groups attached to an aromatic ring is 2. The van der Waals surface area contributed by atoms with E-state index in [1.54, 1.807) is 30.3 Å². The summed E-state index contributed by atoms with van der Waals surface area (Å²) in [6.45, 7) is 2.23. The highest BCUT2D eigenvalue weighted by atomic mass is 16.5. The third-order valence-electron chi connectivity index (χ3n) is 4.05. The van der Waals surface area contributed by atoms with E-state index in [0.717, 1.165) is 0 Å². The van der Waals surface area contributed by atoms with Crippen molar-refractivity contribution < 1.29 is 19.7 Å². The summed E-state index contributed by atoms with van der Waals surface area (Å²) >= 11 is 0. The minimum atomic E-state index is -1.56. The topological polar surface area (TPSA) is 132 Å². The zero-order valence-corrected chi connectivity index (χ0v) is 13.7. The number of benzene rings is 2. The summed E-state index contributed by atoms with van der Waals surface area (Å²) in [5, 5.41) is 20.2. The first-order chi connectivity index (χ1) is 11.9. The first-order valence-electron chi connectivity index (χ1n) is 7.86. The van der Waals surface area contributed by atoms with Gasteiger partial charge in [-0.25, -0.2) is 9.78 Å². The quantitative estimate of drug-likeness (QED) is 0.412. The van der Waals surface area contributed by atoms with E-state index in [9.17, 15) is 9.90 Å². The summed E-state index contributed by atoms with van der Waals surface area (Å²) < 4.78 is 5.60. The van der Waals surface area contributed by atoms with E-state index in [2.05, 4.69) is 4.98 Å². The number of nitrogens with zero attached hydrogens (tertiary/aromatic N) is 1. The zero-order chi connectivity index (χ0) is 18.1. The number of fused-ring (bicyclic) bond motifs is 2. The van der Waals surface area contributed by atoms with Crippen LogP contribution in [0.15, 0.2) is 30.3 Å². The van der Waals surface area contributed by atoms with Gasteiger partial charge in [0.1, 0.15) is 5.75 Å². The molecule has 0 bridgehead atoms. The number of nitrogens with two attached hydrogens (primary N) is 2. The predicted octanol–water partition coefficient (Wildman–Crippen LogP) is 1.94. The van der Waals surface area contributed by atoms with Crippen LogP contribution in [-0.4, -0.2) is 33.9 Å². The highest BCUT2D eigenvalue weighted by Crippen LogP contribution is 2.36. The van der Waals surface area contributed by atoms with E-state index in [-0.39, 0.29) is 6.42 Å². The first-order valence-corrected chi connectivity index (χ1v) is 7.86. The van der Waals surface area contributed by atoms with Crippen molar-refractivity contribution in [1.29, 1.82) is 0 Å². The molecule has 7 heteroatoms. The van der Waals surface area contributed by atoms with Crippen LogP contribution < -0.4 is 16.2 Å². The Bertz CT molecular complexity index is 972. The number of anilines is 2. The third-order valence-corrected chi connectivity index (χ3v) is 4.05. The molecule has 0 saturated carbocycles. The lowest BCUT2D eigenvalue weighted by atomic mass is 9.97. The number of aliphatic hydroxyl groups is 1. The molecule has 0 spiro atoms. The summed E-state index contributed by atoms with van der Waals surface area (Å²) in [6, 6.07) is 8.70. The van der Waals surface area contributed by atoms with Crippen LogP contribution in [0, 0.1) is 0 Å². The van der Waals surface area contributed by atoms with E-state index in [0.29, 0.717) is 51.1 Å². The van der Waals surface area contributed by atoms with Crippen molar-refractivity contribution in [3.63, 3.8) is 0 Å². The number of carbonyl (C=O) groups is 1. The Morgan fingerprint density at radius 2 is 2.00 bits per heavy atom. The molecular weight excluding hydrogens is 322 g/mol. The molecule has 1 unspecified atom stereocenters. The van der Waals surface area contributed by atoms with Crippen molar-refractivity contribution in [3.05, 3.63) is 35.9 Å². The van der Waals surface area contributed by atoms with Crippen LogP contribution in [0.1, 0.15) is 12.5 Å². The summed E-state index contributed by atoms with van der Waals surface area (Å²) in [6.07, 6.45) is -1.69. The molecule has 1 heterocycles. The number of aromatic nitrogens is 1. The number of aliphatic carboxylic acids is 1. The molecule has 1 atom stereocenters. The lowest BCUT2D eigenvalue weighted by Gasteiger charge is -2.17. The number of aliphatic hydroxyl groups excluding tert-OH is 1. The van der Waals surface area contributed by atoms with E-state index in [4.69, 9.17) is 21.3 Å². The van der Waals surface area contributed by atoms with Gasteiger partial charge in [-0.05, 0) is 37.3 Å². The molecule has 0 aliphatic rings. The summed E-state index contributed by atoms with van der Waals surface area (Å²) in [5.41, 5.74) is 15.0. The second-order valence-corrected chi connectivity index (χ2v) is 5.73. The van der Waals surface area contributed by atoms with Crippen molar-refractivity contribution in [2.75, 3.05) is 18.1 Å². The number of rotatable bonds is 5. The highest BCUT2D eigenvalue weighted by molar-refractivity contribution is 6.09. The summed E-state index contributed by atoms with van der Waals surface area (Å²) in [4.78, 5) is 15.7. The Labute approximate surface area is 143 Å². The van der Waals surface area contributed by atoms with Crippen LogP contribution in [0.25, 0.3) is 21.8 Å². The van der Waals surface area contributed by atoms with Gasteiger partial charge in [-0.3, -0.25) is 0 Å². The molecule has 0 aliphatic carbocycles. The van der Waals surface area contributed by atoms with Gasteiger partial charge in [0.15, 0.2) is 6.10 Å². The van der Waals surface area contributed by atoms with Crippen molar-refractivity contribution in [3.8, 4) is 5.75 Å². The lowest BCUT2D eigenvalue weighted by molar-refractivity contribution is -0.146. The third kappa shape index (κ3) is 3.01. The fraction of sp³-hybridized carbons (Fsp3) is 0.222. The van der Waals surface area contributed by atoms with Crippen molar-refractivity contribution in [2.24, 2.45) is 0 Å². The largest absolute Gasteiger partial charge is 0.494 e. The average molecular weight is 341 g/mol. The van der Waals surface area contributed by atoms with Crippen LogP contribution in [0.3, 0.4) is 0 Å². The molecular formula is C18H19N3O4. The Morgan fingerprint density at radius 3 is 2.68 bits per heavy atom. The number of carboxylic acids is 1. The van der Waals surface area contributed by atoms with Crippen LogP contribution >= 0.6 is 0 Å². The minimum Gasteiger partial charge on any atom is -0.494 e. The number of carboxylic acid groups (broad SMARTS) is 1. The lowest BCUT2D eigenvalue weighted by Crippen LogP contribution is -2.22. The SMILES string of the molecule is CCOc1ccc2nc3cc(N)ccc3c(N)c2c1CC(O)C(=O)O. The molecule has 7 nitrogen and oxygen atoms in total. The van der Waals surface area contributed by atoms with Gasteiger partial charge in [0.2, 0.25) is 0 Å². The monoisotopic (exact) mass is 341 g/mol. The van der Waals surface area contributed by atoms with Crippen LogP contribution in [-0.2, 0) is 11.2 Å². The van der Waals surface area contributed by atoms with Gasteiger partial charge in [0, 0.05) is 28.4 Å². The minimum absolute atomic E-state index is 0.131. The second-order valence-electron chi connectivity index (χ2n) is 5.73. The van der Waals surface area contributed by atoms with Crippen molar-refractivity contribution >= 4 is 39.1 Å². The fourth-order valence-electron chi connectivity index (χ4n) is 2.92.